The van der Waals surface area contributed by atoms with E-state index in [1.807, 2.05) is 36.4 Å². The summed E-state index contributed by atoms with van der Waals surface area (Å²) in [4.78, 5) is 38.7. The van der Waals surface area contributed by atoms with Crippen molar-refractivity contribution < 1.29 is 28.3 Å². The fraction of sp³-hybridized carbons (Fsp3) is 0.192. The van der Waals surface area contributed by atoms with Crippen molar-refractivity contribution in [3.8, 4) is 11.1 Å². The Morgan fingerprint density at radius 3 is 2.23 bits per heavy atom. The highest BCUT2D eigenvalue weighted by molar-refractivity contribution is 6.06. The van der Waals surface area contributed by atoms with Crippen LogP contribution in [0, 0.1) is 11.6 Å². The first-order valence-corrected chi connectivity index (χ1v) is 10.9. The number of carbonyl (C=O) groups is 3. The van der Waals surface area contributed by atoms with Crippen LogP contribution in [0.1, 0.15) is 37.0 Å². The molecular weight excluding hydrogens is 456 g/mol. The molecule has 3 atom stereocenters. The number of hydrazine groups is 1. The molecule has 3 N–H and O–H groups in total. The maximum absolute atomic E-state index is 13.4. The summed E-state index contributed by atoms with van der Waals surface area (Å²) >= 11 is 0. The fourth-order valence-electron chi connectivity index (χ4n) is 4.03. The number of nitrogens with zero attached hydrogens (tertiary/aromatic N) is 1. The quantitative estimate of drug-likeness (QED) is 0.523. The average Bonchev–Trinajstić information content (AvgIpc) is 2.92. The Kier molecular flexibility index (Phi) is 6.61. The van der Waals surface area contributed by atoms with E-state index in [1.165, 1.54) is 6.92 Å². The highest BCUT2D eigenvalue weighted by atomic mass is 19.1. The molecule has 1 aliphatic rings. The second kappa shape index (κ2) is 9.63. The number of anilines is 1. The third-order valence-corrected chi connectivity index (χ3v) is 5.88. The summed E-state index contributed by atoms with van der Waals surface area (Å²) in [6, 6.07) is 15.7. The molecule has 3 aromatic carbocycles. The lowest BCUT2D eigenvalue weighted by Gasteiger charge is -2.27. The van der Waals surface area contributed by atoms with Crippen molar-refractivity contribution in [2.45, 2.75) is 31.9 Å². The molecule has 0 fully saturated rings. The van der Waals surface area contributed by atoms with Crippen molar-refractivity contribution in [3.63, 3.8) is 0 Å². The highest BCUT2D eigenvalue weighted by Crippen LogP contribution is 2.39. The molecule has 0 spiro atoms. The van der Waals surface area contributed by atoms with Crippen LogP contribution < -0.4 is 15.8 Å². The van der Waals surface area contributed by atoms with E-state index in [2.05, 4.69) is 10.7 Å². The molecule has 0 saturated heterocycles. The lowest BCUT2D eigenvalue weighted by atomic mass is 9.92. The molecule has 0 aromatic heterocycles. The Balaban J connectivity index is 1.54. The maximum Gasteiger partial charge on any atom is 0.261 e. The average molecular weight is 479 g/mol. The number of nitrogens with one attached hydrogen (secondary N) is 2. The second-order valence-electron chi connectivity index (χ2n) is 8.31. The molecular formula is C26H23F2N3O4. The first-order valence-electron chi connectivity index (χ1n) is 10.9. The van der Waals surface area contributed by atoms with Crippen LogP contribution in [0.2, 0.25) is 0 Å². The summed E-state index contributed by atoms with van der Waals surface area (Å²) in [5.41, 5.74) is 5.17. The topological polar surface area (TPSA) is 98.7 Å². The van der Waals surface area contributed by atoms with Gasteiger partial charge in [-0.2, -0.15) is 0 Å². The molecule has 1 aliphatic heterocycles. The summed E-state index contributed by atoms with van der Waals surface area (Å²) in [5.74, 6) is -4.59. The summed E-state index contributed by atoms with van der Waals surface area (Å²) in [6.07, 6.45) is -1.90. The van der Waals surface area contributed by atoms with Gasteiger partial charge in [0, 0.05) is 11.6 Å². The van der Waals surface area contributed by atoms with Gasteiger partial charge in [-0.1, -0.05) is 42.5 Å². The van der Waals surface area contributed by atoms with Gasteiger partial charge in [-0.15, -0.1) is 0 Å². The lowest BCUT2D eigenvalue weighted by molar-refractivity contribution is -0.134. The van der Waals surface area contributed by atoms with E-state index in [0.29, 0.717) is 11.8 Å². The van der Waals surface area contributed by atoms with E-state index in [4.69, 9.17) is 0 Å². The number of benzene rings is 3. The number of carbonyl (C=O) groups excluding carboxylic acids is 3. The van der Waals surface area contributed by atoms with E-state index in [-0.39, 0.29) is 11.5 Å². The van der Waals surface area contributed by atoms with E-state index >= 15 is 0 Å². The molecule has 3 aromatic rings. The van der Waals surface area contributed by atoms with Crippen molar-refractivity contribution in [1.82, 2.24) is 10.7 Å². The predicted molar refractivity (Wildman–Crippen MR) is 125 cm³/mol. The number of amides is 3. The van der Waals surface area contributed by atoms with Gasteiger partial charge >= 0.3 is 0 Å². The minimum absolute atomic E-state index is 0.296. The van der Waals surface area contributed by atoms with Crippen LogP contribution in [0.15, 0.2) is 66.7 Å². The number of rotatable bonds is 5. The zero-order valence-electron chi connectivity index (χ0n) is 19.0. The van der Waals surface area contributed by atoms with Crippen LogP contribution in [-0.2, 0) is 14.4 Å². The van der Waals surface area contributed by atoms with Gasteiger partial charge in [-0.25, -0.2) is 13.8 Å². The normalized spacial score (nSPS) is 16.4. The van der Waals surface area contributed by atoms with Crippen LogP contribution in [0.5, 0.6) is 0 Å². The largest absolute Gasteiger partial charge is 0.378 e. The van der Waals surface area contributed by atoms with Crippen LogP contribution in [0.3, 0.4) is 0 Å². The molecule has 0 saturated carbocycles. The van der Waals surface area contributed by atoms with E-state index in [0.717, 1.165) is 33.8 Å². The fourth-order valence-corrected chi connectivity index (χ4v) is 4.03. The SMILES string of the molecule is C[C@H](NC(=O)[C@@H](O)c1cc(F)cc(F)c1)C(=O)NN1C(=O)[C@H](C)c2ccccc2-c2ccccc21. The van der Waals surface area contributed by atoms with Crippen molar-refractivity contribution in [2.75, 3.05) is 5.01 Å². The Morgan fingerprint density at radius 2 is 1.54 bits per heavy atom. The molecule has 180 valence electrons. The summed E-state index contributed by atoms with van der Waals surface area (Å²) in [7, 11) is 0. The summed E-state index contributed by atoms with van der Waals surface area (Å²) < 4.78 is 26.9. The number of hydrogen-bond donors (Lipinski definition) is 3. The third kappa shape index (κ3) is 4.76. The maximum atomic E-state index is 13.4. The van der Waals surface area contributed by atoms with Crippen LogP contribution in [0.25, 0.3) is 11.1 Å². The number of para-hydroxylation sites is 1. The van der Waals surface area contributed by atoms with Gasteiger partial charge in [0.25, 0.3) is 17.7 Å². The molecule has 9 heteroatoms. The molecule has 35 heavy (non-hydrogen) atoms. The lowest BCUT2D eigenvalue weighted by Crippen LogP contribution is -2.54. The monoisotopic (exact) mass is 479 g/mol. The number of aliphatic hydroxyl groups is 1. The molecule has 0 aliphatic carbocycles. The zero-order valence-corrected chi connectivity index (χ0v) is 19.0. The Morgan fingerprint density at radius 1 is 0.943 bits per heavy atom. The minimum atomic E-state index is -1.90. The van der Waals surface area contributed by atoms with Crippen molar-refractivity contribution in [2.24, 2.45) is 0 Å². The number of halogens is 2. The summed E-state index contributed by atoms with van der Waals surface area (Å²) in [6.45, 7) is 3.10. The standard InChI is InChI=1S/C26H23F2N3O4/c1-14-19-7-3-4-8-20(19)21-9-5-6-10-22(21)31(26(14)35)30-24(33)15(2)29-25(34)23(32)16-11-17(27)13-18(28)12-16/h3-15,23,32H,1-2H3,(H,29,34)(H,30,33)/t14-,15+,23+/m1/s1. The van der Waals surface area contributed by atoms with Crippen molar-refractivity contribution in [3.05, 3.63) is 89.5 Å². The number of aliphatic hydroxyl groups excluding tert-OH is 1. The molecule has 1 heterocycles. The number of hydrogen-bond acceptors (Lipinski definition) is 4. The molecule has 0 bridgehead atoms. The van der Waals surface area contributed by atoms with Gasteiger partial charge in [-0.05, 0) is 48.7 Å². The summed E-state index contributed by atoms with van der Waals surface area (Å²) in [5, 5.41) is 13.7. The van der Waals surface area contributed by atoms with Crippen molar-refractivity contribution >= 4 is 23.4 Å². The van der Waals surface area contributed by atoms with Crippen LogP contribution in [0.4, 0.5) is 14.5 Å². The number of fused-ring (bicyclic) bond motifs is 3. The van der Waals surface area contributed by atoms with E-state index in [9.17, 15) is 28.3 Å². The Hall–Kier alpha value is -4.11. The van der Waals surface area contributed by atoms with Gasteiger partial charge in [0.1, 0.15) is 17.7 Å². The van der Waals surface area contributed by atoms with Crippen molar-refractivity contribution in [1.29, 1.82) is 0 Å². The van der Waals surface area contributed by atoms with Crippen LogP contribution in [-0.4, -0.2) is 28.9 Å². The van der Waals surface area contributed by atoms with Gasteiger partial charge in [0.2, 0.25) is 0 Å². The van der Waals surface area contributed by atoms with E-state index < -0.39 is 41.5 Å². The Labute approximate surface area is 200 Å². The van der Waals surface area contributed by atoms with E-state index in [1.54, 1.807) is 19.1 Å². The zero-order chi connectivity index (χ0) is 25.3. The highest BCUT2D eigenvalue weighted by Gasteiger charge is 2.33. The molecule has 0 radical (unpaired) electrons. The van der Waals surface area contributed by atoms with Gasteiger partial charge < -0.3 is 10.4 Å². The second-order valence-corrected chi connectivity index (χ2v) is 8.31. The first-order chi connectivity index (χ1) is 16.7. The van der Waals surface area contributed by atoms with Gasteiger partial charge in [0.05, 0.1) is 11.6 Å². The van der Waals surface area contributed by atoms with Gasteiger partial charge in [-0.3, -0.25) is 19.8 Å². The molecule has 7 nitrogen and oxygen atoms in total. The van der Waals surface area contributed by atoms with Crippen LogP contribution >= 0.6 is 0 Å². The van der Waals surface area contributed by atoms with Gasteiger partial charge in [0.15, 0.2) is 6.10 Å². The molecule has 0 unspecified atom stereocenters. The predicted octanol–water partition coefficient (Wildman–Crippen LogP) is 3.35. The Bertz CT molecular complexity index is 1290. The molecule has 4 rings (SSSR count). The minimum Gasteiger partial charge on any atom is -0.378 e. The smallest absolute Gasteiger partial charge is 0.261 e. The third-order valence-electron chi connectivity index (χ3n) is 5.88. The molecule has 3 amide bonds. The first kappa shape index (κ1) is 24.0.